The van der Waals surface area contributed by atoms with Gasteiger partial charge in [-0.15, -0.1) is 0 Å². The molecule has 0 bridgehead atoms. The molecule has 0 N–H and O–H groups in total. The number of halogens is 6. The summed E-state index contributed by atoms with van der Waals surface area (Å²) < 4.78 is 18.8. The van der Waals surface area contributed by atoms with Crippen LogP contribution in [-0.4, -0.2) is 13.1 Å². The average Bonchev–Trinajstić information content (AvgIpc) is 2.52. The van der Waals surface area contributed by atoms with Crippen molar-refractivity contribution in [3.05, 3.63) is 54.7 Å². The molecule has 22 heavy (non-hydrogen) atoms. The third-order valence-corrected chi connectivity index (χ3v) is 5.14. The van der Waals surface area contributed by atoms with E-state index >= 15 is 0 Å². The van der Waals surface area contributed by atoms with Crippen LogP contribution in [0.4, 0.5) is 4.39 Å². The number of methoxy groups -OCH3 is 1. The number of carbonyl (C=O) groups is 1. The fourth-order valence-electron chi connectivity index (χ4n) is 1.80. The minimum absolute atomic E-state index is 0.0355. The number of benzene rings is 2. The van der Waals surface area contributed by atoms with Crippen molar-refractivity contribution in [3.8, 4) is 11.1 Å². The van der Waals surface area contributed by atoms with Crippen LogP contribution in [0.15, 0.2) is 18.2 Å². The number of rotatable bonds is 2. The van der Waals surface area contributed by atoms with Crippen molar-refractivity contribution in [2.24, 2.45) is 0 Å². The lowest BCUT2D eigenvalue weighted by molar-refractivity contribution is 0.0600. The molecular formula is C14H6Cl5FO2. The minimum Gasteiger partial charge on any atom is -0.465 e. The molecule has 0 aliphatic carbocycles. The summed E-state index contributed by atoms with van der Waals surface area (Å²) >= 11 is 30.0. The van der Waals surface area contributed by atoms with Gasteiger partial charge >= 0.3 is 5.97 Å². The van der Waals surface area contributed by atoms with Crippen molar-refractivity contribution in [2.75, 3.05) is 7.11 Å². The minimum atomic E-state index is -0.661. The van der Waals surface area contributed by atoms with Crippen LogP contribution in [0.1, 0.15) is 10.4 Å². The number of ether oxygens (including phenoxy) is 1. The molecule has 0 aromatic heterocycles. The Morgan fingerprint density at radius 2 is 1.45 bits per heavy atom. The van der Waals surface area contributed by atoms with E-state index < -0.39 is 11.8 Å². The van der Waals surface area contributed by atoms with Crippen LogP contribution in [0.3, 0.4) is 0 Å². The highest BCUT2D eigenvalue weighted by Gasteiger charge is 2.23. The van der Waals surface area contributed by atoms with Crippen LogP contribution in [0.5, 0.6) is 0 Å². The molecule has 0 unspecified atom stereocenters. The van der Waals surface area contributed by atoms with Crippen molar-refractivity contribution in [1.29, 1.82) is 0 Å². The molecule has 2 aromatic carbocycles. The fourth-order valence-corrected chi connectivity index (χ4v) is 3.15. The Bertz CT molecular complexity index is 747. The molecule has 2 nitrogen and oxygen atoms in total. The van der Waals surface area contributed by atoms with E-state index in [1.54, 1.807) is 0 Å². The zero-order valence-electron chi connectivity index (χ0n) is 10.8. The van der Waals surface area contributed by atoms with Crippen LogP contribution >= 0.6 is 58.0 Å². The Morgan fingerprint density at radius 1 is 0.955 bits per heavy atom. The first-order valence-electron chi connectivity index (χ1n) is 5.69. The largest absolute Gasteiger partial charge is 0.465 e. The zero-order chi connectivity index (χ0) is 16.6. The van der Waals surface area contributed by atoms with Crippen molar-refractivity contribution in [1.82, 2.24) is 0 Å². The van der Waals surface area contributed by atoms with Gasteiger partial charge in [-0.1, -0.05) is 58.0 Å². The van der Waals surface area contributed by atoms with Gasteiger partial charge in [-0.2, -0.15) is 0 Å². The Morgan fingerprint density at radius 3 is 1.95 bits per heavy atom. The topological polar surface area (TPSA) is 26.3 Å². The van der Waals surface area contributed by atoms with Crippen molar-refractivity contribution >= 4 is 64.0 Å². The lowest BCUT2D eigenvalue weighted by Gasteiger charge is -2.14. The Hall–Kier alpha value is -0.710. The monoisotopic (exact) mass is 400 g/mol. The lowest BCUT2D eigenvalue weighted by atomic mass is 10.0. The molecule has 8 heteroatoms. The van der Waals surface area contributed by atoms with E-state index in [4.69, 9.17) is 58.0 Å². The third kappa shape index (κ3) is 3.01. The van der Waals surface area contributed by atoms with E-state index in [9.17, 15) is 9.18 Å². The van der Waals surface area contributed by atoms with E-state index in [1.165, 1.54) is 19.2 Å². The number of hydrogen-bond acceptors (Lipinski definition) is 2. The normalized spacial score (nSPS) is 10.7. The maximum absolute atomic E-state index is 14.2. The van der Waals surface area contributed by atoms with Crippen molar-refractivity contribution < 1.29 is 13.9 Å². The summed E-state index contributed by atoms with van der Waals surface area (Å²) in [5.41, 5.74) is 0.123. The molecule has 116 valence electrons. The van der Waals surface area contributed by atoms with Crippen molar-refractivity contribution in [3.63, 3.8) is 0 Å². The lowest BCUT2D eigenvalue weighted by Crippen LogP contribution is -2.02. The summed E-state index contributed by atoms with van der Waals surface area (Å²) in [5, 5.41) is -0.290. The zero-order valence-corrected chi connectivity index (χ0v) is 14.6. The van der Waals surface area contributed by atoms with E-state index in [1.807, 2.05) is 0 Å². The second-order valence-electron chi connectivity index (χ2n) is 4.13. The highest BCUT2D eigenvalue weighted by molar-refractivity contribution is 6.56. The molecule has 0 saturated heterocycles. The first kappa shape index (κ1) is 17.6. The van der Waals surface area contributed by atoms with E-state index in [-0.39, 0.29) is 41.8 Å². The molecular weight excluding hydrogens is 396 g/mol. The second kappa shape index (κ2) is 6.81. The maximum Gasteiger partial charge on any atom is 0.337 e. The first-order valence-corrected chi connectivity index (χ1v) is 7.58. The first-order chi connectivity index (χ1) is 10.3. The molecule has 0 spiro atoms. The Kier molecular flexibility index (Phi) is 5.46. The molecule has 0 amide bonds. The van der Waals surface area contributed by atoms with Crippen LogP contribution in [0, 0.1) is 5.82 Å². The molecule has 2 aromatic rings. The second-order valence-corrected chi connectivity index (χ2v) is 6.02. The predicted octanol–water partition coefficient (Wildman–Crippen LogP) is 6.55. The summed E-state index contributed by atoms with van der Waals surface area (Å²) in [6.45, 7) is 0. The Labute approximate surface area is 150 Å². The van der Waals surface area contributed by atoms with Crippen LogP contribution in [0.2, 0.25) is 25.1 Å². The summed E-state index contributed by atoms with van der Waals surface area (Å²) in [7, 11) is 1.21. The van der Waals surface area contributed by atoms with Crippen LogP contribution < -0.4 is 0 Å². The predicted molar refractivity (Wildman–Crippen MR) is 88.2 cm³/mol. The fraction of sp³-hybridized carbons (Fsp3) is 0.0714. The Balaban J connectivity index is 2.80. The maximum atomic E-state index is 14.2. The van der Waals surface area contributed by atoms with E-state index in [2.05, 4.69) is 4.74 Å². The highest BCUT2D eigenvalue weighted by Crippen LogP contribution is 2.48. The average molecular weight is 402 g/mol. The van der Waals surface area contributed by atoms with Gasteiger partial charge in [-0.25, -0.2) is 9.18 Å². The summed E-state index contributed by atoms with van der Waals surface area (Å²) in [6, 6.07) is 3.60. The third-order valence-electron chi connectivity index (χ3n) is 2.87. The van der Waals surface area contributed by atoms with Gasteiger partial charge in [0.05, 0.1) is 37.8 Å². The van der Waals surface area contributed by atoms with Crippen molar-refractivity contribution in [2.45, 2.75) is 0 Å². The van der Waals surface area contributed by atoms with E-state index in [0.717, 1.165) is 6.07 Å². The van der Waals surface area contributed by atoms with Gasteiger partial charge in [-0.3, -0.25) is 0 Å². The van der Waals surface area contributed by atoms with Crippen LogP contribution in [-0.2, 0) is 4.74 Å². The highest BCUT2D eigenvalue weighted by atomic mass is 35.5. The van der Waals surface area contributed by atoms with Gasteiger partial charge in [0.2, 0.25) is 0 Å². The summed E-state index contributed by atoms with van der Waals surface area (Å²) in [6.07, 6.45) is 0. The van der Waals surface area contributed by atoms with Gasteiger partial charge in [0.15, 0.2) is 0 Å². The standard InChI is InChI=1S/C14H6Cl5FO2/c1-22-14(21)5-2-3-7(20)6(4-5)8-9(15)11(17)13(19)12(18)10(8)16/h2-4H,1H3. The SMILES string of the molecule is COC(=O)c1ccc(F)c(-c2c(Cl)c(Cl)c(Cl)c(Cl)c2Cl)c1. The quantitative estimate of drug-likeness (QED) is 0.324. The molecule has 0 radical (unpaired) electrons. The van der Waals surface area contributed by atoms with Gasteiger partial charge in [0.25, 0.3) is 0 Å². The summed E-state index contributed by atoms with van der Waals surface area (Å²) in [5.74, 6) is -1.30. The van der Waals surface area contributed by atoms with Gasteiger partial charge < -0.3 is 4.74 Å². The molecule has 0 saturated carbocycles. The smallest absolute Gasteiger partial charge is 0.337 e. The van der Waals surface area contributed by atoms with E-state index in [0.29, 0.717) is 0 Å². The van der Waals surface area contributed by atoms with Crippen LogP contribution in [0.25, 0.3) is 11.1 Å². The molecule has 2 rings (SSSR count). The number of esters is 1. The summed E-state index contributed by atoms with van der Waals surface area (Å²) in [4.78, 5) is 11.6. The molecule has 0 heterocycles. The molecule has 0 aliphatic rings. The number of carbonyl (C=O) groups excluding carboxylic acids is 1. The molecule has 0 atom stereocenters. The van der Waals surface area contributed by atoms with Gasteiger partial charge in [0.1, 0.15) is 5.82 Å². The number of hydrogen-bond donors (Lipinski definition) is 0. The van der Waals surface area contributed by atoms with Gasteiger partial charge in [-0.05, 0) is 18.2 Å². The van der Waals surface area contributed by atoms with Gasteiger partial charge in [0, 0.05) is 11.1 Å². The molecule has 0 aliphatic heterocycles. The molecule has 0 fully saturated rings.